The van der Waals surface area contributed by atoms with Crippen molar-refractivity contribution in [2.75, 3.05) is 23.4 Å². The van der Waals surface area contributed by atoms with Gasteiger partial charge in [-0.15, -0.1) is 0 Å². The zero-order valence-electron chi connectivity index (χ0n) is 11.7. The van der Waals surface area contributed by atoms with E-state index in [1.165, 1.54) is 6.42 Å². The minimum absolute atomic E-state index is 0.114. The van der Waals surface area contributed by atoms with Gasteiger partial charge in [0.25, 0.3) is 0 Å². The number of amides is 2. The SMILES string of the molecule is O=C(Nc1cccc(N2CCOC2=O)c1)C1CC2CC2C1. The summed E-state index contributed by atoms with van der Waals surface area (Å²) in [5.41, 5.74) is 1.52. The van der Waals surface area contributed by atoms with Gasteiger partial charge in [-0.25, -0.2) is 4.79 Å². The van der Waals surface area contributed by atoms with Crippen molar-refractivity contribution in [3.8, 4) is 0 Å². The molecule has 0 aromatic heterocycles. The monoisotopic (exact) mass is 286 g/mol. The Hall–Kier alpha value is -2.04. The second kappa shape index (κ2) is 4.76. The summed E-state index contributed by atoms with van der Waals surface area (Å²) in [4.78, 5) is 25.4. The fourth-order valence-electron chi connectivity index (χ4n) is 3.55. The highest BCUT2D eigenvalue weighted by Crippen LogP contribution is 2.54. The van der Waals surface area contributed by atoms with Crippen LogP contribution < -0.4 is 10.2 Å². The third-order valence-corrected chi connectivity index (χ3v) is 4.80. The predicted molar refractivity (Wildman–Crippen MR) is 78.1 cm³/mol. The Balaban J connectivity index is 1.45. The van der Waals surface area contributed by atoms with Crippen molar-refractivity contribution in [1.29, 1.82) is 0 Å². The largest absolute Gasteiger partial charge is 0.447 e. The predicted octanol–water partition coefficient (Wildman–Crippen LogP) is 2.63. The Morgan fingerprint density at radius 3 is 2.76 bits per heavy atom. The standard InChI is InChI=1S/C16H18N2O3/c19-15(12-7-10-6-11(10)8-12)17-13-2-1-3-14(9-13)18-4-5-21-16(18)20/h1-3,9-12H,4-8H2,(H,17,19). The van der Waals surface area contributed by atoms with Gasteiger partial charge in [0.1, 0.15) is 6.61 Å². The summed E-state index contributed by atoms with van der Waals surface area (Å²) in [6.07, 6.45) is 3.06. The number of nitrogens with one attached hydrogen (secondary N) is 1. The van der Waals surface area contributed by atoms with Gasteiger partial charge in [-0.1, -0.05) is 6.07 Å². The number of anilines is 2. The third kappa shape index (κ3) is 2.37. The van der Waals surface area contributed by atoms with E-state index in [1.54, 1.807) is 4.90 Å². The maximum absolute atomic E-state index is 12.3. The molecule has 0 spiro atoms. The van der Waals surface area contributed by atoms with Crippen LogP contribution in [0.3, 0.4) is 0 Å². The van der Waals surface area contributed by atoms with E-state index in [4.69, 9.17) is 4.74 Å². The number of ether oxygens (including phenoxy) is 1. The van der Waals surface area contributed by atoms with Crippen molar-refractivity contribution in [3.63, 3.8) is 0 Å². The molecule has 110 valence electrons. The zero-order valence-corrected chi connectivity index (χ0v) is 11.7. The summed E-state index contributed by atoms with van der Waals surface area (Å²) in [6.45, 7) is 0.975. The van der Waals surface area contributed by atoms with E-state index in [2.05, 4.69) is 5.32 Å². The molecule has 1 aliphatic heterocycles. The fourth-order valence-corrected chi connectivity index (χ4v) is 3.55. The second-order valence-corrected chi connectivity index (χ2v) is 6.23. The number of hydrogen-bond donors (Lipinski definition) is 1. The first-order chi connectivity index (χ1) is 10.2. The van der Waals surface area contributed by atoms with Crippen LogP contribution >= 0.6 is 0 Å². The Bertz CT molecular complexity index is 591. The van der Waals surface area contributed by atoms with E-state index in [-0.39, 0.29) is 17.9 Å². The quantitative estimate of drug-likeness (QED) is 0.929. The Kier molecular flexibility index (Phi) is 2.87. The third-order valence-electron chi connectivity index (χ3n) is 4.80. The number of benzene rings is 1. The van der Waals surface area contributed by atoms with E-state index in [1.807, 2.05) is 24.3 Å². The molecule has 0 bridgehead atoms. The van der Waals surface area contributed by atoms with Gasteiger partial charge >= 0.3 is 6.09 Å². The van der Waals surface area contributed by atoms with E-state index in [9.17, 15) is 9.59 Å². The van der Waals surface area contributed by atoms with Crippen molar-refractivity contribution in [2.45, 2.75) is 19.3 Å². The number of cyclic esters (lactones) is 1. The van der Waals surface area contributed by atoms with E-state index in [0.717, 1.165) is 36.1 Å². The van der Waals surface area contributed by atoms with E-state index < -0.39 is 0 Å². The minimum Gasteiger partial charge on any atom is -0.447 e. The Morgan fingerprint density at radius 2 is 2.05 bits per heavy atom. The highest BCUT2D eigenvalue weighted by Gasteiger charge is 2.47. The molecule has 2 saturated carbocycles. The summed E-state index contributed by atoms with van der Waals surface area (Å²) in [6, 6.07) is 7.40. The van der Waals surface area contributed by atoms with Crippen LogP contribution in [0.25, 0.3) is 0 Å². The molecule has 0 radical (unpaired) electrons. The maximum atomic E-state index is 12.3. The smallest absolute Gasteiger partial charge is 0.414 e. The number of rotatable bonds is 3. The van der Waals surface area contributed by atoms with Gasteiger partial charge in [0.15, 0.2) is 0 Å². The lowest BCUT2D eigenvalue weighted by molar-refractivity contribution is -0.120. The van der Waals surface area contributed by atoms with E-state index in [0.29, 0.717) is 13.2 Å². The molecule has 1 N–H and O–H groups in total. The van der Waals surface area contributed by atoms with Gasteiger partial charge in [0.2, 0.25) is 5.91 Å². The molecular weight excluding hydrogens is 268 g/mol. The van der Waals surface area contributed by atoms with Crippen LogP contribution in [0.1, 0.15) is 19.3 Å². The molecule has 3 aliphatic rings. The van der Waals surface area contributed by atoms with Crippen LogP contribution in [0.5, 0.6) is 0 Å². The molecule has 1 saturated heterocycles. The molecule has 21 heavy (non-hydrogen) atoms. The summed E-state index contributed by atoms with van der Waals surface area (Å²) < 4.78 is 4.94. The minimum atomic E-state index is -0.325. The molecule has 2 atom stereocenters. The molecule has 4 rings (SSSR count). The van der Waals surface area contributed by atoms with Crippen LogP contribution in [0, 0.1) is 17.8 Å². The van der Waals surface area contributed by atoms with Crippen LogP contribution in [0.15, 0.2) is 24.3 Å². The lowest BCUT2D eigenvalue weighted by Crippen LogP contribution is -2.24. The van der Waals surface area contributed by atoms with Gasteiger partial charge in [-0.2, -0.15) is 0 Å². The Morgan fingerprint density at radius 1 is 1.24 bits per heavy atom. The van der Waals surface area contributed by atoms with Crippen LogP contribution in [0.2, 0.25) is 0 Å². The van der Waals surface area contributed by atoms with E-state index >= 15 is 0 Å². The van der Waals surface area contributed by atoms with Gasteiger partial charge < -0.3 is 10.1 Å². The molecule has 2 unspecified atom stereocenters. The molecule has 1 aromatic rings. The molecule has 1 aromatic carbocycles. The van der Waals surface area contributed by atoms with Gasteiger partial charge in [0.05, 0.1) is 6.54 Å². The normalized spacial score (nSPS) is 30.0. The second-order valence-electron chi connectivity index (χ2n) is 6.23. The average Bonchev–Trinajstić information content (AvgIpc) is 2.89. The van der Waals surface area contributed by atoms with Crippen molar-refractivity contribution in [1.82, 2.24) is 0 Å². The topological polar surface area (TPSA) is 58.6 Å². The molecular formula is C16H18N2O3. The number of carbonyl (C=O) groups excluding carboxylic acids is 2. The molecule has 2 aliphatic carbocycles. The molecule has 5 heteroatoms. The van der Waals surface area contributed by atoms with Crippen molar-refractivity contribution < 1.29 is 14.3 Å². The average molecular weight is 286 g/mol. The summed E-state index contributed by atoms with van der Waals surface area (Å²) >= 11 is 0. The molecule has 3 fully saturated rings. The maximum Gasteiger partial charge on any atom is 0.414 e. The van der Waals surface area contributed by atoms with Gasteiger partial charge in [0, 0.05) is 17.3 Å². The molecule has 2 amide bonds. The van der Waals surface area contributed by atoms with Crippen LogP contribution in [0.4, 0.5) is 16.2 Å². The van der Waals surface area contributed by atoms with Crippen LogP contribution in [-0.4, -0.2) is 25.2 Å². The summed E-state index contributed by atoms with van der Waals surface area (Å²) in [7, 11) is 0. The fraction of sp³-hybridized carbons (Fsp3) is 0.500. The summed E-state index contributed by atoms with van der Waals surface area (Å²) in [5.74, 6) is 1.87. The number of fused-ring (bicyclic) bond motifs is 1. The zero-order chi connectivity index (χ0) is 14.4. The lowest BCUT2D eigenvalue weighted by Gasteiger charge is -2.16. The number of carbonyl (C=O) groups is 2. The van der Waals surface area contributed by atoms with Gasteiger partial charge in [-0.05, 0) is 49.3 Å². The van der Waals surface area contributed by atoms with Gasteiger partial charge in [-0.3, -0.25) is 9.69 Å². The first kappa shape index (κ1) is 12.7. The van der Waals surface area contributed by atoms with Crippen molar-refractivity contribution in [2.24, 2.45) is 17.8 Å². The highest BCUT2D eigenvalue weighted by atomic mass is 16.6. The van der Waals surface area contributed by atoms with Crippen molar-refractivity contribution >= 4 is 23.4 Å². The molecule has 5 nitrogen and oxygen atoms in total. The molecule has 1 heterocycles. The highest BCUT2D eigenvalue weighted by molar-refractivity contribution is 5.95. The van der Waals surface area contributed by atoms with Crippen LogP contribution in [-0.2, 0) is 9.53 Å². The summed E-state index contributed by atoms with van der Waals surface area (Å²) in [5, 5.41) is 2.99. The first-order valence-corrected chi connectivity index (χ1v) is 7.56. The number of hydrogen-bond acceptors (Lipinski definition) is 3. The first-order valence-electron chi connectivity index (χ1n) is 7.56. The number of nitrogens with zero attached hydrogens (tertiary/aromatic N) is 1. The lowest BCUT2D eigenvalue weighted by atomic mass is 10.0. The Labute approximate surface area is 123 Å². The van der Waals surface area contributed by atoms with Crippen molar-refractivity contribution in [3.05, 3.63) is 24.3 Å².